The van der Waals surface area contributed by atoms with Gasteiger partial charge >= 0.3 is 0 Å². The van der Waals surface area contributed by atoms with E-state index in [4.69, 9.17) is 9.47 Å². The third kappa shape index (κ3) is 3.94. The average molecular weight is 320 g/mol. The summed E-state index contributed by atoms with van der Waals surface area (Å²) in [6, 6.07) is 5.29. The minimum absolute atomic E-state index is 0.0676. The molecule has 0 radical (unpaired) electrons. The molecule has 1 aliphatic rings. The molecule has 1 aromatic rings. The number of hydrogen-bond donors (Lipinski definition) is 1. The first-order valence-corrected chi connectivity index (χ1v) is 7.76. The maximum Gasteiger partial charge on any atom is 0.227 e. The highest BCUT2D eigenvalue weighted by Crippen LogP contribution is 2.35. The van der Waals surface area contributed by atoms with Crippen LogP contribution in [0.4, 0.5) is 5.69 Å². The van der Waals surface area contributed by atoms with Gasteiger partial charge in [0.05, 0.1) is 25.8 Å². The van der Waals surface area contributed by atoms with Gasteiger partial charge in [-0.3, -0.25) is 9.59 Å². The molecule has 6 nitrogen and oxygen atoms in total. The van der Waals surface area contributed by atoms with Crippen LogP contribution in [0.2, 0.25) is 0 Å². The fourth-order valence-electron chi connectivity index (χ4n) is 2.57. The molecule has 0 aromatic heterocycles. The van der Waals surface area contributed by atoms with E-state index in [0.29, 0.717) is 36.2 Å². The lowest BCUT2D eigenvalue weighted by Crippen LogP contribution is -2.35. The molecule has 0 aliphatic carbocycles. The Hall–Kier alpha value is -2.24. The summed E-state index contributed by atoms with van der Waals surface area (Å²) in [5, 5.41) is 2.89. The monoisotopic (exact) mass is 320 g/mol. The standard InChI is InChI=1S/C17H24N2O4/c1-11(2)9-18-17(21)12-7-16(20)19(10-12)14-6-5-13(22-3)8-15(14)23-4/h5-6,8,11-12H,7,9-10H2,1-4H3,(H,18,21)/t12-/m1/s1. The van der Waals surface area contributed by atoms with Crippen molar-refractivity contribution >= 4 is 17.5 Å². The van der Waals surface area contributed by atoms with Crippen LogP contribution in [0.1, 0.15) is 20.3 Å². The summed E-state index contributed by atoms with van der Waals surface area (Å²) in [5.74, 6) is 1.13. The van der Waals surface area contributed by atoms with Gasteiger partial charge in [-0.25, -0.2) is 0 Å². The lowest BCUT2D eigenvalue weighted by atomic mass is 10.1. The molecule has 1 aliphatic heterocycles. The van der Waals surface area contributed by atoms with E-state index >= 15 is 0 Å². The predicted molar refractivity (Wildman–Crippen MR) is 87.9 cm³/mol. The third-order valence-corrected chi connectivity index (χ3v) is 3.86. The number of methoxy groups -OCH3 is 2. The summed E-state index contributed by atoms with van der Waals surface area (Å²) in [4.78, 5) is 26.1. The van der Waals surface area contributed by atoms with Crippen molar-refractivity contribution < 1.29 is 19.1 Å². The molecule has 1 N–H and O–H groups in total. The highest BCUT2D eigenvalue weighted by Gasteiger charge is 2.36. The van der Waals surface area contributed by atoms with Crippen LogP contribution in [-0.2, 0) is 9.59 Å². The van der Waals surface area contributed by atoms with Gasteiger partial charge in [0.2, 0.25) is 11.8 Å². The summed E-state index contributed by atoms with van der Waals surface area (Å²) < 4.78 is 10.5. The van der Waals surface area contributed by atoms with E-state index in [2.05, 4.69) is 5.32 Å². The zero-order chi connectivity index (χ0) is 17.0. The first kappa shape index (κ1) is 17.1. The maximum absolute atomic E-state index is 12.3. The first-order chi connectivity index (χ1) is 11.0. The Morgan fingerprint density at radius 3 is 2.70 bits per heavy atom. The summed E-state index contributed by atoms with van der Waals surface area (Å²) in [6.07, 6.45) is 0.221. The Kier molecular flexibility index (Phi) is 5.47. The molecule has 0 saturated carbocycles. The molecule has 0 unspecified atom stereocenters. The van der Waals surface area contributed by atoms with E-state index in [1.807, 2.05) is 13.8 Å². The number of rotatable bonds is 6. The molecule has 126 valence electrons. The fraction of sp³-hybridized carbons (Fsp3) is 0.529. The number of nitrogens with zero attached hydrogens (tertiary/aromatic N) is 1. The zero-order valence-corrected chi connectivity index (χ0v) is 14.1. The molecular weight excluding hydrogens is 296 g/mol. The Morgan fingerprint density at radius 1 is 1.35 bits per heavy atom. The maximum atomic E-state index is 12.3. The van der Waals surface area contributed by atoms with Crippen LogP contribution in [-0.4, -0.2) is 39.1 Å². The summed E-state index contributed by atoms with van der Waals surface area (Å²) >= 11 is 0. The van der Waals surface area contributed by atoms with Gasteiger partial charge in [-0.05, 0) is 18.1 Å². The number of ether oxygens (including phenoxy) is 2. The SMILES string of the molecule is COc1ccc(N2C[C@H](C(=O)NCC(C)C)CC2=O)c(OC)c1. The quantitative estimate of drug-likeness (QED) is 0.868. The van der Waals surface area contributed by atoms with Crippen molar-refractivity contribution in [3.8, 4) is 11.5 Å². The summed E-state index contributed by atoms with van der Waals surface area (Å²) in [7, 11) is 3.12. The molecule has 0 spiro atoms. The number of carbonyl (C=O) groups excluding carboxylic acids is 2. The molecule has 23 heavy (non-hydrogen) atoms. The summed E-state index contributed by atoms with van der Waals surface area (Å²) in [5.41, 5.74) is 0.664. The average Bonchev–Trinajstić information content (AvgIpc) is 2.93. The highest BCUT2D eigenvalue weighted by molar-refractivity contribution is 6.01. The number of hydrogen-bond acceptors (Lipinski definition) is 4. The van der Waals surface area contributed by atoms with Crippen LogP contribution in [0.3, 0.4) is 0 Å². The lowest BCUT2D eigenvalue weighted by Gasteiger charge is -2.20. The van der Waals surface area contributed by atoms with Crippen LogP contribution in [0.5, 0.6) is 11.5 Å². The van der Waals surface area contributed by atoms with Crippen molar-refractivity contribution in [3.63, 3.8) is 0 Å². The second-order valence-electron chi connectivity index (χ2n) is 6.08. The fourth-order valence-corrected chi connectivity index (χ4v) is 2.57. The van der Waals surface area contributed by atoms with E-state index in [9.17, 15) is 9.59 Å². The van der Waals surface area contributed by atoms with Gasteiger partial charge in [0.15, 0.2) is 0 Å². The van der Waals surface area contributed by atoms with Gasteiger partial charge in [-0.2, -0.15) is 0 Å². The number of nitrogens with one attached hydrogen (secondary N) is 1. The molecule has 2 amide bonds. The third-order valence-electron chi connectivity index (χ3n) is 3.86. The Morgan fingerprint density at radius 2 is 2.09 bits per heavy atom. The van der Waals surface area contributed by atoms with Gasteiger partial charge in [0.1, 0.15) is 11.5 Å². The summed E-state index contributed by atoms with van der Waals surface area (Å²) in [6.45, 7) is 5.06. The normalized spacial score (nSPS) is 17.5. The van der Waals surface area contributed by atoms with Crippen LogP contribution in [0.15, 0.2) is 18.2 Å². The Labute approximate surface area is 136 Å². The van der Waals surface area contributed by atoms with Crippen molar-refractivity contribution in [3.05, 3.63) is 18.2 Å². The number of anilines is 1. The van der Waals surface area contributed by atoms with Gasteiger partial charge in [0.25, 0.3) is 0 Å². The van der Waals surface area contributed by atoms with E-state index < -0.39 is 0 Å². The van der Waals surface area contributed by atoms with Crippen molar-refractivity contribution in [2.45, 2.75) is 20.3 Å². The van der Waals surface area contributed by atoms with Gasteiger partial charge in [-0.15, -0.1) is 0 Å². The molecular formula is C17H24N2O4. The molecule has 1 saturated heterocycles. The van der Waals surface area contributed by atoms with Crippen LogP contribution in [0, 0.1) is 11.8 Å². The second-order valence-corrected chi connectivity index (χ2v) is 6.08. The lowest BCUT2D eigenvalue weighted by molar-refractivity contribution is -0.126. The highest BCUT2D eigenvalue weighted by atomic mass is 16.5. The van der Waals surface area contributed by atoms with E-state index in [-0.39, 0.29) is 24.2 Å². The van der Waals surface area contributed by atoms with Crippen molar-refractivity contribution in [2.24, 2.45) is 11.8 Å². The Bertz CT molecular complexity index is 586. The molecule has 2 rings (SSSR count). The second kappa shape index (κ2) is 7.35. The van der Waals surface area contributed by atoms with Crippen LogP contribution < -0.4 is 19.7 Å². The number of benzene rings is 1. The molecule has 1 fully saturated rings. The number of amides is 2. The van der Waals surface area contributed by atoms with Gasteiger partial charge < -0.3 is 19.7 Å². The van der Waals surface area contributed by atoms with Crippen molar-refractivity contribution in [2.75, 3.05) is 32.2 Å². The minimum Gasteiger partial charge on any atom is -0.497 e. The molecule has 1 atom stereocenters. The number of carbonyl (C=O) groups is 2. The molecule has 1 aromatic carbocycles. The largest absolute Gasteiger partial charge is 0.497 e. The van der Waals surface area contributed by atoms with Gasteiger partial charge in [0, 0.05) is 25.6 Å². The van der Waals surface area contributed by atoms with Crippen molar-refractivity contribution in [1.82, 2.24) is 5.32 Å². The van der Waals surface area contributed by atoms with Crippen LogP contribution >= 0.6 is 0 Å². The smallest absolute Gasteiger partial charge is 0.227 e. The molecule has 1 heterocycles. The predicted octanol–water partition coefficient (Wildman–Crippen LogP) is 1.83. The van der Waals surface area contributed by atoms with E-state index in [0.717, 1.165) is 0 Å². The zero-order valence-electron chi connectivity index (χ0n) is 14.1. The minimum atomic E-state index is -0.326. The Balaban J connectivity index is 2.13. The van der Waals surface area contributed by atoms with Crippen LogP contribution in [0.25, 0.3) is 0 Å². The molecule has 6 heteroatoms. The van der Waals surface area contributed by atoms with E-state index in [1.165, 1.54) is 0 Å². The van der Waals surface area contributed by atoms with Crippen molar-refractivity contribution in [1.29, 1.82) is 0 Å². The van der Waals surface area contributed by atoms with E-state index in [1.54, 1.807) is 37.3 Å². The topological polar surface area (TPSA) is 67.9 Å². The molecule has 0 bridgehead atoms. The first-order valence-electron chi connectivity index (χ1n) is 7.76. The van der Waals surface area contributed by atoms with Gasteiger partial charge in [-0.1, -0.05) is 13.8 Å².